The van der Waals surface area contributed by atoms with Crippen LogP contribution in [0.5, 0.6) is 40.2 Å². The number of methoxy groups -OCH3 is 7. The number of nitrogens with zero attached hydrogens (tertiary/aromatic N) is 1. The summed E-state index contributed by atoms with van der Waals surface area (Å²) in [6, 6.07) is 23.8. The van der Waals surface area contributed by atoms with Crippen molar-refractivity contribution < 1.29 is 57.0 Å². The molecule has 0 aliphatic carbocycles. The molecule has 0 unspecified atom stereocenters. The molecule has 0 atom stereocenters. The Morgan fingerprint density at radius 2 is 1.19 bits per heavy atom. The van der Waals surface area contributed by atoms with Crippen LogP contribution in [-0.2, 0) is 33.8 Å². The van der Waals surface area contributed by atoms with E-state index in [0.29, 0.717) is 63.2 Å². The number of esters is 2. The molecule has 1 heterocycles. The summed E-state index contributed by atoms with van der Waals surface area (Å²) in [5.74, 6) is 1.54. The number of carbonyl (C=O) groups is 2. The zero-order chi connectivity index (χ0) is 41.1. The number of aromatic nitrogens is 1. The van der Waals surface area contributed by atoms with Gasteiger partial charge in [-0.3, -0.25) is 0 Å². The molecule has 4 aromatic carbocycles. The Kier molecular flexibility index (Phi) is 14.3. The fourth-order valence-corrected chi connectivity index (χ4v) is 6.44. The molecule has 5 aromatic rings. The van der Waals surface area contributed by atoms with E-state index in [1.807, 2.05) is 56.3 Å². The highest BCUT2D eigenvalue weighted by Crippen LogP contribution is 2.49. The normalized spacial score (nSPS) is 10.8. The largest absolute Gasteiger partial charge is 0.493 e. The van der Waals surface area contributed by atoms with Crippen LogP contribution in [0.4, 0.5) is 0 Å². The molecule has 1 aromatic heterocycles. The first kappa shape index (κ1) is 41.8. The second kappa shape index (κ2) is 19.5. The Bertz CT molecular complexity index is 2160. The van der Waals surface area contributed by atoms with Crippen LogP contribution < -0.4 is 33.2 Å². The van der Waals surface area contributed by atoms with Crippen LogP contribution in [0.3, 0.4) is 0 Å². The molecule has 13 heteroatoms. The van der Waals surface area contributed by atoms with E-state index in [0.717, 1.165) is 11.1 Å². The van der Waals surface area contributed by atoms with Gasteiger partial charge in [0.25, 0.3) is 0 Å². The van der Waals surface area contributed by atoms with E-state index < -0.39 is 11.9 Å². The van der Waals surface area contributed by atoms with Crippen molar-refractivity contribution >= 4 is 11.9 Å². The maximum Gasteiger partial charge on any atom is 0.355 e. The van der Waals surface area contributed by atoms with Crippen molar-refractivity contribution in [2.75, 3.05) is 56.6 Å². The maximum atomic E-state index is 14.3. The second-order valence-electron chi connectivity index (χ2n) is 12.9. The summed E-state index contributed by atoms with van der Waals surface area (Å²) in [7, 11) is 10.2. The third kappa shape index (κ3) is 9.38. The van der Waals surface area contributed by atoms with E-state index in [2.05, 4.69) is 0 Å². The fourth-order valence-electron chi connectivity index (χ4n) is 6.44. The van der Waals surface area contributed by atoms with E-state index in [1.165, 1.54) is 28.4 Å². The average molecular weight is 784 g/mol. The summed E-state index contributed by atoms with van der Waals surface area (Å²) < 4.78 is 59.0. The van der Waals surface area contributed by atoms with Crippen molar-refractivity contribution in [1.82, 2.24) is 4.57 Å². The molecule has 0 saturated heterocycles. The lowest BCUT2D eigenvalue weighted by Gasteiger charge is -2.19. The van der Waals surface area contributed by atoms with Gasteiger partial charge in [-0.15, -0.1) is 0 Å². The third-order valence-corrected chi connectivity index (χ3v) is 9.01. The molecule has 0 spiro atoms. The van der Waals surface area contributed by atoms with E-state index in [4.69, 9.17) is 47.4 Å². The number of carbonyl (C=O) groups excluding carboxylic acids is 2. The van der Waals surface area contributed by atoms with Crippen molar-refractivity contribution in [2.24, 2.45) is 0 Å². The van der Waals surface area contributed by atoms with Crippen LogP contribution in [0.25, 0.3) is 22.3 Å². The number of hydrogen-bond donors (Lipinski definition) is 0. The average Bonchev–Trinajstić information content (AvgIpc) is 3.58. The number of benzene rings is 4. The second-order valence-corrected chi connectivity index (χ2v) is 12.9. The van der Waals surface area contributed by atoms with Gasteiger partial charge in [0.1, 0.15) is 23.7 Å². The number of aryl methyl sites for hydroxylation is 1. The highest BCUT2D eigenvalue weighted by molar-refractivity contribution is 6.10. The first-order chi connectivity index (χ1) is 27.6. The van der Waals surface area contributed by atoms with Gasteiger partial charge < -0.3 is 51.9 Å². The predicted octanol–water partition coefficient (Wildman–Crippen LogP) is 8.02. The van der Waals surface area contributed by atoms with E-state index in [1.54, 1.807) is 62.3 Å². The molecule has 0 amide bonds. The standard InChI is InChI=1S/C44H49NO12/c1-27(2)57-38-22-30(16-18-33(38)50-5)39-40(31-23-36(52-7)37(24-34(31)56-26-48-3)55-25-29-13-11-10-12-14-29)42(44(47)54-9)45(41(39)43(46)53-8)20-19-28-15-17-32(49-4)35(21-28)51-6/h10-18,21-24,27H,19-20,25-26H2,1-9H3. The molecule has 5 rings (SSSR count). The van der Waals surface area contributed by atoms with Crippen LogP contribution in [-0.4, -0.2) is 79.2 Å². The predicted molar refractivity (Wildman–Crippen MR) is 213 cm³/mol. The molecule has 0 radical (unpaired) electrons. The van der Waals surface area contributed by atoms with Crippen molar-refractivity contribution in [3.8, 4) is 62.5 Å². The highest BCUT2D eigenvalue weighted by atomic mass is 16.7. The van der Waals surface area contributed by atoms with Crippen LogP contribution in [0.2, 0.25) is 0 Å². The lowest BCUT2D eigenvalue weighted by atomic mass is 9.93. The minimum atomic E-state index is -0.720. The zero-order valence-corrected chi connectivity index (χ0v) is 33.8. The molecule has 0 aliphatic rings. The third-order valence-electron chi connectivity index (χ3n) is 9.01. The van der Waals surface area contributed by atoms with Gasteiger partial charge in [-0.25, -0.2) is 9.59 Å². The van der Waals surface area contributed by atoms with Gasteiger partial charge in [-0.1, -0.05) is 42.5 Å². The van der Waals surface area contributed by atoms with Crippen molar-refractivity contribution in [2.45, 2.75) is 39.5 Å². The summed E-state index contributed by atoms with van der Waals surface area (Å²) in [5.41, 5.74) is 3.45. The van der Waals surface area contributed by atoms with Crippen LogP contribution in [0.15, 0.2) is 78.9 Å². The molecule has 0 saturated carbocycles. The maximum absolute atomic E-state index is 14.3. The van der Waals surface area contributed by atoms with Gasteiger partial charge in [-0.05, 0) is 67.3 Å². The molecule has 57 heavy (non-hydrogen) atoms. The van der Waals surface area contributed by atoms with Crippen molar-refractivity contribution in [3.63, 3.8) is 0 Å². The van der Waals surface area contributed by atoms with Gasteiger partial charge >= 0.3 is 11.9 Å². The van der Waals surface area contributed by atoms with E-state index in [-0.39, 0.29) is 43.2 Å². The molecule has 0 aliphatic heterocycles. The van der Waals surface area contributed by atoms with E-state index >= 15 is 0 Å². The monoisotopic (exact) mass is 783 g/mol. The smallest absolute Gasteiger partial charge is 0.355 e. The Morgan fingerprint density at radius 3 is 1.81 bits per heavy atom. The van der Waals surface area contributed by atoms with Crippen molar-refractivity contribution in [1.29, 1.82) is 0 Å². The van der Waals surface area contributed by atoms with E-state index in [9.17, 15) is 9.59 Å². The summed E-state index contributed by atoms with van der Waals surface area (Å²) in [5, 5.41) is 0. The van der Waals surface area contributed by atoms with Crippen LogP contribution in [0, 0.1) is 0 Å². The fraction of sp³-hybridized carbons (Fsp3) is 0.318. The number of hydrogen-bond acceptors (Lipinski definition) is 12. The van der Waals surface area contributed by atoms with Gasteiger partial charge in [-0.2, -0.15) is 0 Å². The Morgan fingerprint density at radius 1 is 0.579 bits per heavy atom. The summed E-state index contributed by atoms with van der Waals surface area (Å²) in [4.78, 5) is 28.4. The Hall–Kier alpha value is -6.34. The van der Waals surface area contributed by atoms with Gasteiger partial charge in [0.2, 0.25) is 0 Å². The van der Waals surface area contributed by atoms with Gasteiger partial charge in [0, 0.05) is 36.4 Å². The Balaban J connectivity index is 1.86. The minimum absolute atomic E-state index is 0.0535. The first-order valence-electron chi connectivity index (χ1n) is 18.1. The summed E-state index contributed by atoms with van der Waals surface area (Å²) in [6.45, 7) is 4.00. The number of ether oxygens (including phenoxy) is 10. The first-order valence-corrected chi connectivity index (χ1v) is 18.1. The SMILES string of the molecule is COCOc1cc(OCc2ccccc2)c(OC)cc1-c1c(-c2ccc(OC)c(OC(C)C)c2)c(C(=O)OC)n(CCc2ccc(OC)c(OC)c2)c1C(=O)OC. The lowest BCUT2D eigenvalue weighted by Crippen LogP contribution is -2.18. The molecule has 0 bridgehead atoms. The summed E-state index contributed by atoms with van der Waals surface area (Å²) in [6.07, 6.45) is 0.140. The molecule has 0 N–H and O–H groups in total. The summed E-state index contributed by atoms with van der Waals surface area (Å²) >= 11 is 0. The molecular weight excluding hydrogens is 734 g/mol. The zero-order valence-electron chi connectivity index (χ0n) is 33.8. The quantitative estimate of drug-likeness (QED) is 0.0594. The van der Waals surface area contributed by atoms with Crippen LogP contribution >= 0.6 is 0 Å². The molecule has 302 valence electrons. The molecule has 13 nitrogen and oxygen atoms in total. The van der Waals surface area contributed by atoms with Crippen molar-refractivity contribution in [3.05, 3.63) is 101 Å². The van der Waals surface area contributed by atoms with Crippen LogP contribution in [0.1, 0.15) is 46.0 Å². The molecule has 0 fully saturated rings. The van der Waals surface area contributed by atoms with Gasteiger partial charge in [0.15, 0.2) is 41.3 Å². The highest BCUT2D eigenvalue weighted by Gasteiger charge is 2.35. The number of rotatable bonds is 19. The topological polar surface area (TPSA) is 131 Å². The molecular formula is C44H49NO12. The Labute approximate surface area is 332 Å². The lowest BCUT2D eigenvalue weighted by molar-refractivity contribution is 0.0512. The minimum Gasteiger partial charge on any atom is -0.493 e. The van der Waals surface area contributed by atoms with Gasteiger partial charge in [0.05, 0.1) is 48.8 Å².